The number of carbonyl (C=O) groups is 1. The van der Waals surface area contributed by atoms with Gasteiger partial charge in [-0.25, -0.2) is 0 Å². The third-order valence-electron chi connectivity index (χ3n) is 6.01. The lowest BCUT2D eigenvalue weighted by molar-refractivity contribution is -0.712. The van der Waals surface area contributed by atoms with Crippen molar-refractivity contribution in [2.24, 2.45) is 0 Å². The molecule has 1 amide bonds. The number of benzene rings is 3. The summed E-state index contributed by atoms with van der Waals surface area (Å²) in [6.07, 6.45) is 0.819. The molecule has 5 heteroatoms. The van der Waals surface area contributed by atoms with Gasteiger partial charge in [0.2, 0.25) is 0 Å². The number of fused-ring (bicyclic) bond motifs is 1. The molecule has 5 nitrogen and oxygen atoms in total. The van der Waals surface area contributed by atoms with E-state index in [1.54, 1.807) is 14.2 Å². The fourth-order valence-corrected chi connectivity index (χ4v) is 4.36. The highest BCUT2D eigenvalue weighted by Crippen LogP contribution is 2.36. The molecule has 0 spiro atoms. The molecule has 0 unspecified atom stereocenters. The van der Waals surface area contributed by atoms with Crippen LogP contribution in [0.1, 0.15) is 46.2 Å². The van der Waals surface area contributed by atoms with Crippen LogP contribution in [0.4, 0.5) is 0 Å². The van der Waals surface area contributed by atoms with Gasteiger partial charge in [0.25, 0.3) is 5.91 Å². The van der Waals surface area contributed by atoms with Gasteiger partial charge in [-0.15, -0.1) is 0 Å². The summed E-state index contributed by atoms with van der Waals surface area (Å²) in [6.45, 7) is 2.95. The van der Waals surface area contributed by atoms with Crippen molar-refractivity contribution in [2.45, 2.75) is 25.6 Å². The van der Waals surface area contributed by atoms with Crippen LogP contribution in [0.15, 0.2) is 72.8 Å². The summed E-state index contributed by atoms with van der Waals surface area (Å²) in [5.74, 6) is 1.56. The van der Waals surface area contributed by atoms with Crippen molar-refractivity contribution in [3.05, 3.63) is 95.1 Å². The molecule has 0 fully saturated rings. The van der Waals surface area contributed by atoms with Gasteiger partial charge in [0, 0.05) is 12.0 Å². The van der Waals surface area contributed by atoms with E-state index < -0.39 is 0 Å². The van der Waals surface area contributed by atoms with Gasteiger partial charge < -0.3 is 14.8 Å². The molecule has 2 N–H and O–H groups in total. The quantitative estimate of drug-likeness (QED) is 0.608. The van der Waals surface area contributed by atoms with Crippen LogP contribution in [0.25, 0.3) is 0 Å². The van der Waals surface area contributed by atoms with Gasteiger partial charge in [-0.05, 0) is 36.2 Å². The number of nitrogens with two attached hydrogens (primary N) is 1. The predicted molar refractivity (Wildman–Crippen MR) is 120 cm³/mol. The summed E-state index contributed by atoms with van der Waals surface area (Å²) in [6, 6.07) is 24.2. The standard InChI is InChI=1S/C26H28N2O3/c1-18(20-9-5-4-6-10-20)28-25(21-11-7-8-12-22(21)26(28)29)27-16-15-19-13-14-23(30-2)24(17-19)31-3/h4-14,17-18,25,27H,15-16H2,1-3H3/p+1/t18-,25+/m0/s1. The van der Waals surface area contributed by atoms with E-state index in [1.165, 1.54) is 5.56 Å². The Kier molecular flexibility index (Phi) is 6.23. The van der Waals surface area contributed by atoms with E-state index in [0.717, 1.165) is 41.2 Å². The zero-order chi connectivity index (χ0) is 21.8. The topological polar surface area (TPSA) is 55.4 Å². The average molecular weight is 418 g/mol. The van der Waals surface area contributed by atoms with Crippen molar-refractivity contribution in [3.8, 4) is 11.5 Å². The Balaban J connectivity index is 1.54. The molecule has 31 heavy (non-hydrogen) atoms. The molecule has 0 radical (unpaired) electrons. The van der Waals surface area contributed by atoms with Crippen molar-refractivity contribution in [1.82, 2.24) is 4.90 Å². The van der Waals surface area contributed by atoms with Gasteiger partial charge in [-0.2, -0.15) is 0 Å². The molecular formula is C26H29N2O3+. The number of rotatable bonds is 8. The third-order valence-corrected chi connectivity index (χ3v) is 6.01. The minimum atomic E-state index is -0.0425. The maximum Gasteiger partial charge on any atom is 0.259 e. The summed E-state index contributed by atoms with van der Waals surface area (Å²) in [5.41, 5.74) is 4.20. The monoisotopic (exact) mass is 417 g/mol. The van der Waals surface area contributed by atoms with Crippen LogP contribution in [0.5, 0.6) is 11.5 Å². The van der Waals surface area contributed by atoms with Gasteiger partial charge in [0.05, 0.1) is 32.4 Å². The Morgan fingerprint density at radius 1 is 0.935 bits per heavy atom. The molecule has 0 aromatic heterocycles. The van der Waals surface area contributed by atoms with E-state index in [4.69, 9.17) is 9.47 Å². The van der Waals surface area contributed by atoms with Crippen LogP contribution >= 0.6 is 0 Å². The van der Waals surface area contributed by atoms with Crippen LogP contribution in [-0.4, -0.2) is 31.6 Å². The second kappa shape index (κ2) is 9.23. The van der Waals surface area contributed by atoms with Gasteiger partial charge in [-0.1, -0.05) is 54.6 Å². The molecule has 1 aliphatic rings. The fourth-order valence-electron chi connectivity index (χ4n) is 4.36. The Bertz CT molecular complexity index is 1050. The SMILES string of the molecule is COc1ccc(CC[NH2+][C@H]2c3ccccc3C(=O)N2[C@@H](C)c2ccccc2)cc1OC. The Labute approximate surface area is 183 Å². The van der Waals surface area contributed by atoms with Crippen LogP contribution in [0.3, 0.4) is 0 Å². The number of nitrogens with zero attached hydrogens (tertiary/aromatic N) is 1. The van der Waals surface area contributed by atoms with Crippen LogP contribution < -0.4 is 14.8 Å². The Morgan fingerprint density at radius 3 is 2.39 bits per heavy atom. The number of amides is 1. The van der Waals surface area contributed by atoms with E-state index in [1.807, 2.05) is 53.4 Å². The third kappa shape index (κ3) is 4.14. The molecule has 1 aliphatic heterocycles. The number of quaternary nitrogens is 1. The van der Waals surface area contributed by atoms with Crippen molar-refractivity contribution < 1.29 is 19.6 Å². The van der Waals surface area contributed by atoms with Gasteiger partial charge in [0.15, 0.2) is 17.7 Å². The smallest absolute Gasteiger partial charge is 0.259 e. The Hall–Kier alpha value is -3.31. The lowest BCUT2D eigenvalue weighted by Crippen LogP contribution is -2.88. The molecular weight excluding hydrogens is 388 g/mol. The number of hydrogen-bond acceptors (Lipinski definition) is 3. The van der Waals surface area contributed by atoms with Gasteiger partial charge >= 0.3 is 0 Å². The highest BCUT2D eigenvalue weighted by molar-refractivity contribution is 5.99. The van der Waals surface area contributed by atoms with Crippen LogP contribution in [-0.2, 0) is 6.42 Å². The Morgan fingerprint density at radius 2 is 1.65 bits per heavy atom. The number of hydrogen-bond donors (Lipinski definition) is 1. The first-order valence-corrected chi connectivity index (χ1v) is 10.6. The molecule has 0 saturated carbocycles. The summed E-state index contributed by atoms with van der Waals surface area (Å²) in [5, 5.41) is 2.26. The minimum Gasteiger partial charge on any atom is -0.493 e. The van der Waals surface area contributed by atoms with Crippen LogP contribution in [0, 0.1) is 0 Å². The lowest BCUT2D eigenvalue weighted by Gasteiger charge is -2.29. The molecule has 3 aromatic rings. The first kappa shape index (κ1) is 20.9. The van der Waals surface area contributed by atoms with E-state index >= 15 is 0 Å². The van der Waals surface area contributed by atoms with Crippen molar-refractivity contribution in [2.75, 3.05) is 20.8 Å². The molecule has 4 rings (SSSR count). The van der Waals surface area contributed by atoms with E-state index in [-0.39, 0.29) is 18.1 Å². The number of ether oxygens (including phenoxy) is 2. The summed E-state index contributed by atoms with van der Waals surface area (Å²) in [7, 11) is 3.29. The van der Waals surface area contributed by atoms with Crippen molar-refractivity contribution in [3.63, 3.8) is 0 Å². The van der Waals surface area contributed by atoms with E-state index in [0.29, 0.717) is 0 Å². The maximum absolute atomic E-state index is 13.3. The number of methoxy groups -OCH3 is 2. The molecule has 0 bridgehead atoms. The van der Waals surface area contributed by atoms with Crippen molar-refractivity contribution >= 4 is 5.91 Å². The first-order valence-electron chi connectivity index (χ1n) is 10.6. The zero-order valence-corrected chi connectivity index (χ0v) is 18.2. The molecule has 2 atom stereocenters. The molecule has 3 aromatic carbocycles. The second-order valence-corrected chi connectivity index (χ2v) is 7.79. The lowest BCUT2D eigenvalue weighted by atomic mass is 10.1. The molecule has 160 valence electrons. The molecule has 0 aliphatic carbocycles. The fraction of sp³-hybridized carbons (Fsp3) is 0.269. The minimum absolute atomic E-state index is 0.0107. The van der Waals surface area contributed by atoms with Crippen molar-refractivity contribution in [1.29, 1.82) is 0 Å². The van der Waals surface area contributed by atoms with E-state index in [9.17, 15) is 4.79 Å². The largest absolute Gasteiger partial charge is 0.493 e. The normalized spacial score (nSPS) is 16.2. The van der Waals surface area contributed by atoms with Gasteiger partial charge in [-0.3, -0.25) is 9.69 Å². The molecule has 0 saturated heterocycles. The average Bonchev–Trinajstić information content (AvgIpc) is 3.10. The van der Waals surface area contributed by atoms with Crippen LogP contribution in [0.2, 0.25) is 0 Å². The second-order valence-electron chi connectivity index (χ2n) is 7.79. The maximum atomic E-state index is 13.3. The highest BCUT2D eigenvalue weighted by Gasteiger charge is 2.41. The predicted octanol–water partition coefficient (Wildman–Crippen LogP) is 3.73. The van der Waals surface area contributed by atoms with Gasteiger partial charge in [0.1, 0.15) is 0 Å². The summed E-state index contributed by atoms with van der Waals surface area (Å²) in [4.78, 5) is 15.3. The highest BCUT2D eigenvalue weighted by atomic mass is 16.5. The first-order chi connectivity index (χ1) is 15.1. The summed E-state index contributed by atoms with van der Waals surface area (Å²) < 4.78 is 10.8. The van der Waals surface area contributed by atoms with E-state index in [2.05, 4.69) is 36.5 Å². The summed E-state index contributed by atoms with van der Waals surface area (Å²) >= 11 is 0. The zero-order valence-electron chi connectivity index (χ0n) is 18.2. The number of carbonyl (C=O) groups excluding carboxylic acids is 1. The molecule has 1 heterocycles.